The molecule has 0 aliphatic carbocycles. The molecule has 6 nitrogen and oxygen atoms in total. The molecule has 1 unspecified atom stereocenters. The summed E-state index contributed by atoms with van der Waals surface area (Å²) in [6.45, 7) is 10.4. The summed E-state index contributed by atoms with van der Waals surface area (Å²) in [6, 6.07) is 0.196. The molecule has 2 aromatic rings. The van der Waals surface area contributed by atoms with Gasteiger partial charge in [-0.1, -0.05) is 20.8 Å². The number of nitrogens with zero attached hydrogens (tertiary/aromatic N) is 6. The van der Waals surface area contributed by atoms with Gasteiger partial charge in [-0.3, -0.25) is 0 Å². The van der Waals surface area contributed by atoms with Crippen LogP contribution in [0.1, 0.15) is 57.1 Å². The molecule has 0 radical (unpaired) electrons. The quantitative estimate of drug-likeness (QED) is 0.869. The van der Waals surface area contributed by atoms with Crippen molar-refractivity contribution in [1.29, 1.82) is 0 Å². The first-order valence-corrected chi connectivity index (χ1v) is 7.91. The Morgan fingerprint density at radius 3 is 2.75 bits per heavy atom. The van der Waals surface area contributed by atoms with Crippen molar-refractivity contribution in [3.05, 3.63) is 17.5 Å². The van der Waals surface area contributed by atoms with Crippen molar-refractivity contribution in [1.82, 2.24) is 24.1 Å². The predicted molar refractivity (Wildman–Crippen MR) is 79.2 cm³/mol. The molecule has 0 fully saturated rings. The van der Waals surface area contributed by atoms with E-state index in [4.69, 9.17) is 0 Å². The van der Waals surface area contributed by atoms with Crippen LogP contribution in [0.4, 0.5) is 5.13 Å². The summed E-state index contributed by atoms with van der Waals surface area (Å²) in [7, 11) is 0. The third-order valence-electron chi connectivity index (χ3n) is 3.75. The minimum Gasteiger partial charge on any atom is -0.335 e. The summed E-state index contributed by atoms with van der Waals surface area (Å²) in [5.41, 5.74) is 0. The predicted octanol–water partition coefficient (Wildman–Crippen LogP) is 2.40. The van der Waals surface area contributed by atoms with Crippen LogP contribution in [0.15, 0.2) is 0 Å². The molecule has 0 saturated carbocycles. The molecule has 0 saturated heterocycles. The van der Waals surface area contributed by atoms with E-state index in [1.54, 1.807) is 0 Å². The second-order valence-electron chi connectivity index (χ2n) is 5.44. The maximum atomic E-state index is 4.59. The highest BCUT2D eigenvalue weighted by molar-refractivity contribution is 7.09. The van der Waals surface area contributed by atoms with E-state index in [9.17, 15) is 0 Å². The van der Waals surface area contributed by atoms with E-state index in [2.05, 4.69) is 56.7 Å². The Bertz CT molecular complexity index is 602. The molecule has 1 aliphatic rings. The lowest BCUT2D eigenvalue weighted by molar-refractivity contribution is 0.479. The Morgan fingerprint density at radius 1 is 1.30 bits per heavy atom. The fraction of sp³-hybridized carbons (Fsp3) is 0.692. The van der Waals surface area contributed by atoms with Crippen LogP contribution in [-0.4, -0.2) is 30.7 Å². The molecule has 0 N–H and O–H groups in total. The fourth-order valence-corrected chi connectivity index (χ4v) is 3.46. The minimum atomic E-state index is 0.196. The molecule has 3 heterocycles. The number of aryl methyl sites for hydroxylation is 1. The van der Waals surface area contributed by atoms with Crippen molar-refractivity contribution >= 4 is 16.7 Å². The van der Waals surface area contributed by atoms with E-state index in [0.717, 1.165) is 42.1 Å². The first-order valence-electron chi connectivity index (χ1n) is 7.14. The van der Waals surface area contributed by atoms with Crippen LogP contribution in [0.5, 0.6) is 0 Å². The number of anilines is 1. The van der Waals surface area contributed by atoms with Gasteiger partial charge in [0.15, 0.2) is 5.82 Å². The van der Waals surface area contributed by atoms with E-state index in [0.29, 0.717) is 5.92 Å². The largest absolute Gasteiger partial charge is 0.335 e. The smallest absolute Gasteiger partial charge is 0.205 e. The second kappa shape index (κ2) is 5.12. The Kier molecular flexibility index (Phi) is 3.45. The number of aromatic nitrogens is 5. The fourth-order valence-electron chi connectivity index (χ4n) is 2.60. The van der Waals surface area contributed by atoms with Gasteiger partial charge in [-0.15, -0.1) is 10.2 Å². The van der Waals surface area contributed by atoms with Crippen LogP contribution in [0.25, 0.3) is 0 Å². The topological polar surface area (TPSA) is 59.7 Å². The van der Waals surface area contributed by atoms with Gasteiger partial charge in [0.2, 0.25) is 5.13 Å². The van der Waals surface area contributed by atoms with Crippen LogP contribution in [0, 0.1) is 0 Å². The zero-order chi connectivity index (χ0) is 14.3. The van der Waals surface area contributed by atoms with Crippen molar-refractivity contribution in [2.75, 3.05) is 11.4 Å². The summed E-state index contributed by atoms with van der Waals surface area (Å²) < 4.78 is 6.64. The van der Waals surface area contributed by atoms with Crippen LogP contribution >= 0.6 is 11.5 Å². The van der Waals surface area contributed by atoms with Gasteiger partial charge >= 0.3 is 0 Å². The average molecular weight is 292 g/mol. The normalized spacial score (nSPS) is 18.6. The molecule has 2 aromatic heterocycles. The molecule has 0 bridgehead atoms. The first kappa shape index (κ1) is 13.5. The highest BCUT2D eigenvalue weighted by atomic mass is 32.1. The number of fused-ring (bicyclic) bond motifs is 1. The average Bonchev–Trinajstić information content (AvgIpc) is 3.05. The van der Waals surface area contributed by atoms with E-state index in [1.807, 2.05) is 0 Å². The zero-order valence-electron chi connectivity index (χ0n) is 12.4. The number of rotatable bonds is 3. The van der Waals surface area contributed by atoms with Crippen LogP contribution in [0.2, 0.25) is 0 Å². The third kappa shape index (κ3) is 2.09. The Balaban J connectivity index is 1.91. The van der Waals surface area contributed by atoms with E-state index < -0.39 is 0 Å². The lowest BCUT2D eigenvalue weighted by atomic mass is 10.1. The maximum Gasteiger partial charge on any atom is 0.205 e. The molecule has 1 aliphatic heterocycles. The molecule has 20 heavy (non-hydrogen) atoms. The summed E-state index contributed by atoms with van der Waals surface area (Å²) >= 11 is 1.48. The van der Waals surface area contributed by atoms with Gasteiger partial charge in [0, 0.05) is 37.0 Å². The summed E-state index contributed by atoms with van der Waals surface area (Å²) in [5.74, 6) is 3.45. The first-order chi connectivity index (χ1) is 9.61. The molecule has 3 rings (SSSR count). The number of hydrogen-bond acceptors (Lipinski definition) is 6. The van der Waals surface area contributed by atoms with Crippen LogP contribution < -0.4 is 4.90 Å². The van der Waals surface area contributed by atoms with Crippen molar-refractivity contribution in [2.45, 2.75) is 52.6 Å². The molecule has 0 spiro atoms. The zero-order valence-corrected chi connectivity index (χ0v) is 13.2. The molecule has 7 heteroatoms. The van der Waals surface area contributed by atoms with Gasteiger partial charge < -0.3 is 9.47 Å². The Hall–Kier alpha value is -1.50. The van der Waals surface area contributed by atoms with Gasteiger partial charge in [0.05, 0.1) is 6.04 Å². The van der Waals surface area contributed by atoms with Crippen LogP contribution in [0.3, 0.4) is 0 Å². The van der Waals surface area contributed by atoms with Crippen LogP contribution in [-0.2, 0) is 13.0 Å². The molecule has 0 aromatic carbocycles. The van der Waals surface area contributed by atoms with Gasteiger partial charge in [0.1, 0.15) is 11.6 Å². The summed E-state index contributed by atoms with van der Waals surface area (Å²) in [4.78, 5) is 6.88. The van der Waals surface area contributed by atoms with E-state index in [-0.39, 0.29) is 6.04 Å². The lowest BCUT2D eigenvalue weighted by Crippen LogP contribution is -2.37. The minimum absolute atomic E-state index is 0.196. The second-order valence-corrected chi connectivity index (χ2v) is 6.17. The van der Waals surface area contributed by atoms with E-state index in [1.165, 1.54) is 11.5 Å². The standard InChI is InChI=1S/C13H20N6S/c1-5-10-14-13(20-17-10)18-6-7-19-11(8(2)3)15-16-12(19)9(18)4/h8-9H,5-7H2,1-4H3. The van der Waals surface area contributed by atoms with Crippen molar-refractivity contribution < 1.29 is 0 Å². The SMILES string of the molecule is CCc1nsc(N2CCn3c(C(C)C)nnc3C2C)n1. The molecule has 1 atom stereocenters. The monoisotopic (exact) mass is 292 g/mol. The van der Waals surface area contributed by atoms with Gasteiger partial charge in [-0.2, -0.15) is 4.37 Å². The lowest BCUT2D eigenvalue weighted by Gasteiger charge is -2.33. The van der Waals surface area contributed by atoms with Gasteiger partial charge in [-0.25, -0.2) is 4.98 Å². The van der Waals surface area contributed by atoms with Crippen molar-refractivity contribution in [3.63, 3.8) is 0 Å². The Morgan fingerprint density at radius 2 is 2.10 bits per heavy atom. The molecule has 108 valence electrons. The third-order valence-corrected chi connectivity index (χ3v) is 4.54. The number of hydrogen-bond donors (Lipinski definition) is 0. The van der Waals surface area contributed by atoms with Gasteiger partial charge in [0.25, 0.3) is 0 Å². The highest BCUT2D eigenvalue weighted by Crippen LogP contribution is 2.31. The van der Waals surface area contributed by atoms with Crippen molar-refractivity contribution in [3.8, 4) is 0 Å². The van der Waals surface area contributed by atoms with E-state index >= 15 is 0 Å². The van der Waals surface area contributed by atoms with Crippen molar-refractivity contribution in [2.24, 2.45) is 0 Å². The summed E-state index contributed by atoms with van der Waals surface area (Å²) in [5, 5.41) is 9.74. The highest BCUT2D eigenvalue weighted by Gasteiger charge is 2.30. The molecular formula is C13H20N6S. The maximum absolute atomic E-state index is 4.59. The molecular weight excluding hydrogens is 272 g/mol. The Labute approximate surface area is 123 Å². The summed E-state index contributed by atoms with van der Waals surface area (Å²) in [6.07, 6.45) is 0.881. The molecule has 0 amide bonds. The van der Waals surface area contributed by atoms with Gasteiger partial charge in [-0.05, 0) is 6.92 Å².